The minimum absolute atomic E-state index is 0.0667. The number of hydrogen-bond acceptors (Lipinski definition) is 4. The molecule has 1 heterocycles. The second kappa shape index (κ2) is 4.73. The van der Waals surface area contributed by atoms with Crippen LogP contribution in [0.5, 0.6) is 0 Å². The minimum Gasteiger partial charge on any atom is -0.550 e. The number of aliphatic carboxylic acids is 1. The predicted octanol–water partition coefficient (Wildman–Crippen LogP) is -0.620. The molecule has 1 saturated heterocycles. The highest BCUT2D eigenvalue weighted by Crippen LogP contribution is 2.25. The van der Waals surface area contributed by atoms with Crippen LogP contribution in [0.15, 0.2) is 0 Å². The normalized spacial score (nSPS) is 26.1. The summed E-state index contributed by atoms with van der Waals surface area (Å²) >= 11 is 0. The van der Waals surface area contributed by atoms with Crippen molar-refractivity contribution < 1.29 is 19.5 Å². The molecule has 0 radical (unpaired) electrons. The van der Waals surface area contributed by atoms with Crippen LogP contribution >= 0.6 is 0 Å². The van der Waals surface area contributed by atoms with Gasteiger partial charge in [0.25, 0.3) is 5.91 Å². The molecule has 0 aromatic heterocycles. The van der Waals surface area contributed by atoms with E-state index in [-0.39, 0.29) is 6.04 Å². The van der Waals surface area contributed by atoms with Gasteiger partial charge in [-0.1, -0.05) is 19.3 Å². The van der Waals surface area contributed by atoms with E-state index in [1.807, 2.05) is 0 Å². The lowest BCUT2D eigenvalue weighted by atomic mass is 9.94. The zero-order chi connectivity index (χ0) is 12.4. The third-order valence-electron chi connectivity index (χ3n) is 3.36. The van der Waals surface area contributed by atoms with E-state index in [4.69, 9.17) is 0 Å². The number of rotatable bonds is 3. The molecule has 6 heteroatoms. The molecular weight excluding hydrogens is 224 g/mol. The third-order valence-corrected chi connectivity index (χ3v) is 3.36. The number of urea groups is 1. The Labute approximate surface area is 99.0 Å². The maximum atomic E-state index is 11.9. The summed E-state index contributed by atoms with van der Waals surface area (Å²) in [5.74, 6) is -1.75. The fraction of sp³-hybridized carbons (Fsp3) is 0.727. The van der Waals surface area contributed by atoms with Crippen molar-refractivity contribution in [2.75, 3.05) is 0 Å². The topological polar surface area (TPSA) is 89.5 Å². The van der Waals surface area contributed by atoms with Gasteiger partial charge in [0, 0.05) is 18.4 Å². The molecule has 2 rings (SSSR count). The van der Waals surface area contributed by atoms with Gasteiger partial charge < -0.3 is 15.2 Å². The maximum Gasteiger partial charge on any atom is 0.325 e. The van der Waals surface area contributed by atoms with Gasteiger partial charge in [-0.15, -0.1) is 0 Å². The SMILES string of the molecule is O=C([O-])C[C@@H]1NC(=O)N(C2CCCCC2)C1=O. The monoisotopic (exact) mass is 239 g/mol. The van der Waals surface area contributed by atoms with Crippen molar-refractivity contribution in [2.24, 2.45) is 0 Å². The number of imide groups is 1. The molecule has 0 unspecified atom stereocenters. The molecule has 0 spiro atoms. The standard InChI is InChI=1S/C11H16N2O4/c14-9(15)6-8-10(16)13(11(17)12-8)7-4-2-1-3-5-7/h7-8H,1-6H2,(H,12,17)(H,14,15)/p-1/t8-/m0/s1. The van der Waals surface area contributed by atoms with Crippen molar-refractivity contribution in [1.82, 2.24) is 10.2 Å². The van der Waals surface area contributed by atoms with Gasteiger partial charge in [-0.25, -0.2) is 4.79 Å². The maximum absolute atomic E-state index is 11.9. The first-order valence-corrected chi connectivity index (χ1v) is 5.93. The number of nitrogens with one attached hydrogen (secondary N) is 1. The number of carbonyl (C=O) groups excluding carboxylic acids is 3. The van der Waals surface area contributed by atoms with Crippen LogP contribution in [0.2, 0.25) is 0 Å². The number of carboxylic acid groups (broad SMARTS) is 1. The smallest absolute Gasteiger partial charge is 0.325 e. The van der Waals surface area contributed by atoms with Gasteiger partial charge >= 0.3 is 6.03 Å². The lowest BCUT2D eigenvalue weighted by Gasteiger charge is -2.28. The van der Waals surface area contributed by atoms with Crippen molar-refractivity contribution >= 4 is 17.9 Å². The highest BCUT2D eigenvalue weighted by Gasteiger charge is 2.41. The molecule has 17 heavy (non-hydrogen) atoms. The third kappa shape index (κ3) is 2.40. The molecule has 1 N–H and O–H groups in total. The molecule has 1 atom stereocenters. The predicted molar refractivity (Wildman–Crippen MR) is 55.7 cm³/mol. The number of carboxylic acids is 1. The lowest BCUT2D eigenvalue weighted by molar-refractivity contribution is -0.306. The van der Waals surface area contributed by atoms with E-state index in [1.165, 1.54) is 4.90 Å². The van der Waals surface area contributed by atoms with Gasteiger partial charge in [-0.2, -0.15) is 0 Å². The zero-order valence-corrected chi connectivity index (χ0v) is 9.48. The second-order valence-electron chi connectivity index (χ2n) is 4.58. The van der Waals surface area contributed by atoms with Crippen LogP contribution in [-0.4, -0.2) is 34.9 Å². The number of hydrogen-bond donors (Lipinski definition) is 1. The Morgan fingerprint density at radius 3 is 2.53 bits per heavy atom. The summed E-state index contributed by atoms with van der Waals surface area (Å²) in [5.41, 5.74) is 0. The highest BCUT2D eigenvalue weighted by molar-refractivity contribution is 6.05. The van der Waals surface area contributed by atoms with E-state index in [9.17, 15) is 19.5 Å². The van der Waals surface area contributed by atoms with Crippen LogP contribution in [0.3, 0.4) is 0 Å². The van der Waals surface area contributed by atoms with E-state index in [0.717, 1.165) is 32.1 Å². The summed E-state index contributed by atoms with van der Waals surface area (Å²) in [6.45, 7) is 0. The van der Waals surface area contributed by atoms with Crippen molar-refractivity contribution in [2.45, 2.75) is 50.6 Å². The van der Waals surface area contributed by atoms with Gasteiger partial charge in [0.2, 0.25) is 0 Å². The fourth-order valence-corrected chi connectivity index (χ4v) is 2.54. The first kappa shape index (κ1) is 11.9. The summed E-state index contributed by atoms with van der Waals surface area (Å²) in [6, 6.07) is -1.48. The van der Waals surface area contributed by atoms with Gasteiger partial charge in [0.15, 0.2) is 0 Å². The summed E-state index contributed by atoms with van der Waals surface area (Å²) in [5, 5.41) is 12.9. The molecule has 2 fully saturated rings. The molecule has 0 aromatic rings. The molecule has 6 nitrogen and oxygen atoms in total. The molecule has 1 aliphatic heterocycles. The largest absolute Gasteiger partial charge is 0.550 e. The van der Waals surface area contributed by atoms with Crippen LogP contribution < -0.4 is 10.4 Å². The van der Waals surface area contributed by atoms with Crippen molar-refractivity contribution in [3.8, 4) is 0 Å². The number of nitrogens with zero attached hydrogens (tertiary/aromatic N) is 1. The Hall–Kier alpha value is -1.59. The average molecular weight is 239 g/mol. The quantitative estimate of drug-likeness (QED) is 0.664. The number of carbonyl (C=O) groups is 3. The molecular formula is C11H15N2O4-. The Balaban J connectivity index is 2.05. The Morgan fingerprint density at radius 1 is 1.29 bits per heavy atom. The molecule has 0 bridgehead atoms. The molecule has 94 valence electrons. The first-order chi connectivity index (χ1) is 8.09. The van der Waals surface area contributed by atoms with Crippen molar-refractivity contribution in [3.63, 3.8) is 0 Å². The summed E-state index contributed by atoms with van der Waals surface area (Å²) < 4.78 is 0. The highest BCUT2D eigenvalue weighted by atomic mass is 16.4. The van der Waals surface area contributed by atoms with Crippen molar-refractivity contribution in [1.29, 1.82) is 0 Å². The van der Waals surface area contributed by atoms with Crippen molar-refractivity contribution in [3.05, 3.63) is 0 Å². The van der Waals surface area contributed by atoms with E-state index in [1.54, 1.807) is 0 Å². The van der Waals surface area contributed by atoms with Gasteiger partial charge in [0.1, 0.15) is 6.04 Å². The van der Waals surface area contributed by atoms with E-state index in [2.05, 4.69) is 5.32 Å². The number of amides is 3. The first-order valence-electron chi connectivity index (χ1n) is 5.93. The van der Waals surface area contributed by atoms with E-state index >= 15 is 0 Å². The summed E-state index contributed by atoms with van der Waals surface area (Å²) in [6.07, 6.45) is 4.32. The second-order valence-corrected chi connectivity index (χ2v) is 4.58. The van der Waals surface area contributed by atoms with Gasteiger partial charge in [-0.3, -0.25) is 9.69 Å². The fourth-order valence-electron chi connectivity index (χ4n) is 2.54. The Bertz CT molecular complexity index is 349. The summed E-state index contributed by atoms with van der Waals surface area (Å²) in [4.78, 5) is 35.2. The Morgan fingerprint density at radius 2 is 1.94 bits per heavy atom. The van der Waals surface area contributed by atoms with Crippen LogP contribution in [0.1, 0.15) is 38.5 Å². The lowest BCUT2D eigenvalue weighted by Crippen LogP contribution is -2.42. The molecule has 0 aromatic carbocycles. The van der Waals surface area contributed by atoms with Crippen LogP contribution in [0, 0.1) is 0 Å². The average Bonchev–Trinajstić information content (AvgIpc) is 2.54. The van der Waals surface area contributed by atoms with Crippen LogP contribution in [0.25, 0.3) is 0 Å². The molecule has 2 aliphatic rings. The molecule has 1 saturated carbocycles. The Kier molecular flexibility index (Phi) is 3.31. The summed E-state index contributed by atoms with van der Waals surface area (Å²) in [7, 11) is 0. The van der Waals surface area contributed by atoms with Gasteiger partial charge in [-0.05, 0) is 12.8 Å². The molecule has 1 aliphatic carbocycles. The molecule has 3 amide bonds. The zero-order valence-electron chi connectivity index (χ0n) is 9.48. The van der Waals surface area contributed by atoms with Crippen LogP contribution in [0.4, 0.5) is 4.79 Å². The minimum atomic E-state index is -1.32. The van der Waals surface area contributed by atoms with E-state index in [0.29, 0.717) is 0 Å². The van der Waals surface area contributed by atoms with E-state index < -0.39 is 30.4 Å². The van der Waals surface area contributed by atoms with Crippen LogP contribution in [-0.2, 0) is 9.59 Å². The van der Waals surface area contributed by atoms with Gasteiger partial charge in [0.05, 0.1) is 0 Å².